The highest BCUT2D eigenvalue weighted by Gasteiger charge is 2.25. The number of rotatable bonds is 10. The molecule has 1 aromatic heterocycles. The number of methoxy groups -OCH3 is 1. The predicted molar refractivity (Wildman–Crippen MR) is 82.6 cm³/mol. The molecule has 0 aliphatic carbocycles. The molecular weight excluding hydrogens is 286 g/mol. The number of carbonyl (C=O) groups excluding carboxylic acids is 2. The zero-order chi connectivity index (χ0) is 16.4. The third kappa shape index (κ3) is 6.28. The van der Waals surface area contributed by atoms with Crippen LogP contribution in [0.2, 0.25) is 0 Å². The molecule has 0 radical (unpaired) electrons. The van der Waals surface area contributed by atoms with E-state index in [2.05, 4.69) is 16.0 Å². The number of hydrogen-bond acceptors (Lipinski definition) is 5. The Balaban J connectivity index is 2.38. The largest absolute Gasteiger partial charge is 0.459 e. The van der Waals surface area contributed by atoms with E-state index in [1.165, 1.54) is 6.26 Å². The monoisotopic (exact) mass is 311 g/mol. The van der Waals surface area contributed by atoms with Gasteiger partial charge in [-0.2, -0.15) is 0 Å². The molecule has 1 aromatic rings. The van der Waals surface area contributed by atoms with Crippen molar-refractivity contribution < 1.29 is 18.7 Å². The number of nitrogens with one attached hydrogen (secondary N) is 3. The van der Waals surface area contributed by atoms with Crippen LogP contribution < -0.4 is 16.0 Å². The fourth-order valence-electron chi connectivity index (χ4n) is 1.84. The number of amides is 2. The van der Waals surface area contributed by atoms with Crippen LogP contribution in [0.3, 0.4) is 0 Å². The lowest BCUT2D eigenvalue weighted by atomic mass is 10.0. The molecule has 0 aliphatic rings. The highest BCUT2D eigenvalue weighted by atomic mass is 16.5. The van der Waals surface area contributed by atoms with Gasteiger partial charge in [0.15, 0.2) is 5.76 Å². The molecule has 0 saturated heterocycles. The summed E-state index contributed by atoms with van der Waals surface area (Å²) < 4.78 is 9.94. The van der Waals surface area contributed by atoms with E-state index in [1.807, 2.05) is 13.8 Å². The van der Waals surface area contributed by atoms with Gasteiger partial charge in [0.05, 0.1) is 12.9 Å². The molecule has 0 spiro atoms. The van der Waals surface area contributed by atoms with E-state index in [-0.39, 0.29) is 17.6 Å². The molecule has 3 N–H and O–H groups in total. The van der Waals surface area contributed by atoms with Crippen LogP contribution >= 0.6 is 0 Å². The van der Waals surface area contributed by atoms with Crippen LogP contribution in [0.25, 0.3) is 0 Å². The maximum absolute atomic E-state index is 12.2. The number of ether oxygens (including phenoxy) is 1. The average Bonchev–Trinajstić information content (AvgIpc) is 3.02. The molecule has 0 bridgehead atoms. The molecule has 1 atom stereocenters. The Hall–Kier alpha value is -1.86. The summed E-state index contributed by atoms with van der Waals surface area (Å²) in [6.07, 6.45) is 1.42. The van der Waals surface area contributed by atoms with Crippen molar-refractivity contribution in [2.45, 2.75) is 19.9 Å². The third-order valence-corrected chi connectivity index (χ3v) is 3.06. The topological polar surface area (TPSA) is 92.6 Å². The molecule has 0 aliphatic heterocycles. The molecule has 0 aromatic carbocycles. The summed E-state index contributed by atoms with van der Waals surface area (Å²) in [4.78, 5) is 24.1. The third-order valence-electron chi connectivity index (χ3n) is 3.06. The highest BCUT2D eigenvalue weighted by molar-refractivity contribution is 5.95. The van der Waals surface area contributed by atoms with Gasteiger partial charge in [-0.05, 0) is 18.1 Å². The van der Waals surface area contributed by atoms with Gasteiger partial charge in [-0.3, -0.25) is 9.59 Å². The molecule has 7 nitrogen and oxygen atoms in total. The molecule has 1 unspecified atom stereocenters. The minimum atomic E-state index is -0.600. The van der Waals surface area contributed by atoms with Crippen LogP contribution in [0.4, 0.5) is 0 Å². The Bertz CT molecular complexity index is 446. The Kier molecular flexibility index (Phi) is 8.24. The van der Waals surface area contributed by atoms with Crippen LogP contribution in [-0.2, 0) is 9.53 Å². The minimum Gasteiger partial charge on any atom is -0.459 e. The van der Waals surface area contributed by atoms with Crippen molar-refractivity contribution in [1.82, 2.24) is 16.0 Å². The number of hydrogen-bond donors (Lipinski definition) is 3. The van der Waals surface area contributed by atoms with Gasteiger partial charge in [0.2, 0.25) is 5.91 Å². The summed E-state index contributed by atoms with van der Waals surface area (Å²) >= 11 is 0. The second kappa shape index (κ2) is 9.97. The van der Waals surface area contributed by atoms with E-state index in [1.54, 1.807) is 19.2 Å². The minimum absolute atomic E-state index is 0.0274. The zero-order valence-corrected chi connectivity index (χ0v) is 13.3. The van der Waals surface area contributed by atoms with E-state index in [0.29, 0.717) is 19.7 Å². The van der Waals surface area contributed by atoms with Crippen molar-refractivity contribution in [3.8, 4) is 0 Å². The van der Waals surface area contributed by atoms with Crippen molar-refractivity contribution in [2.24, 2.45) is 5.92 Å². The number of carbonyl (C=O) groups is 2. The van der Waals surface area contributed by atoms with E-state index in [9.17, 15) is 9.59 Å². The van der Waals surface area contributed by atoms with Crippen LogP contribution in [0.1, 0.15) is 24.4 Å². The molecule has 124 valence electrons. The van der Waals surface area contributed by atoms with Gasteiger partial charge in [-0.25, -0.2) is 0 Å². The van der Waals surface area contributed by atoms with E-state index < -0.39 is 11.9 Å². The Morgan fingerprint density at radius 3 is 2.64 bits per heavy atom. The average molecular weight is 311 g/mol. The summed E-state index contributed by atoms with van der Waals surface area (Å²) in [6.45, 7) is 6.25. The summed E-state index contributed by atoms with van der Waals surface area (Å²) in [6, 6.07) is 2.59. The lowest BCUT2D eigenvalue weighted by molar-refractivity contribution is -0.123. The van der Waals surface area contributed by atoms with Gasteiger partial charge in [0.1, 0.15) is 6.04 Å². The summed E-state index contributed by atoms with van der Waals surface area (Å²) in [5.41, 5.74) is 0. The first-order valence-electron chi connectivity index (χ1n) is 7.38. The first-order chi connectivity index (χ1) is 10.6. The lowest BCUT2D eigenvalue weighted by Gasteiger charge is -2.21. The van der Waals surface area contributed by atoms with Crippen molar-refractivity contribution in [1.29, 1.82) is 0 Å². The van der Waals surface area contributed by atoms with E-state index in [4.69, 9.17) is 9.15 Å². The maximum atomic E-state index is 12.2. The molecule has 7 heteroatoms. The van der Waals surface area contributed by atoms with Gasteiger partial charge in [-0.1, -0.05) is 13.8 Å². The normalized spacial score (nSPS) is 12.2. The lowest BCUT2D eigenvalue weighted by Crippen LogP contribution is -2.50. The molecule has 0 saturated carbocycles. The first-order valence-corrected chi connectivity index (χ1v) is 7.38. The second-order valence-corrected chi connectivity index (χ2v) is 5.21. The van der Waals surface area contributed by atoms with Crippen LogP contribution in [-0.4, -0.2) is 51.2 Å². The van der Waals surface area contributed by atoms with Gasteiger partial charge in [0.25, 0.3) is 5.91 Å². The summed E-state index contributed by atoms with van der Waals surface area (Å²) in [5, 5.41) is 8.63. The van der Waals surface area contributed by atoms with Crippen molar-refractivity contribution in [3.05, 3.63) is 24.2 Å². The summed E-state index contributed by atoms with van der Waals surface area (Å²) in [5.74, 6) is -0.430. The quantitative estimate of drug-likeness (QED) is 0.544. The Morgan fingerprint density at radius 1 is 1.27 bits per heavy atom. The van der Waals surface area contributed by atoms with Gasteiger partial charge in [-0.15, -0.1) is 0 Å². The highest BCUT2D eigenvalue weighted by Crippen LogP contribution is 2.05. The van der Waals surface area contributed by atoms with Gasteiger partial charge < -0.3 is 25.1 Å². The Labute approximate surface area is 130 Å². The first kappa shape index (κ1) is 18.2. The van der Waals surface area contributed by atoms with Crippen LogP contribution in [0, 0.1) is 5.92 Å². The fourth-order valence-corrected chi connectivity index (χ4v) is 1.84. The van der Waals surface area contributed by atoms with Crippen molar-refractivity contribution >= 4 is 11.8 Å². The standard InChI is InChI=1S/C15H25N3O4/c1-11(2)13(18-14(19)12-5-4-9-22-12)15(20)17-7-6-16-8-10-21-3/h4-5,9,11,13,16H,6-8,10H2,1-3H3,(H,17,20)(H,18,19). The zero-order valence-electron chi connectivity index (χ0n) is 13.3. The maximum Gasteiger partial charge on any atom is 0.287 e. The molecular formula is C15H25N3O4. The van der Waals surface area contributed by atoms with Gasteiger partial charge in [0, 0.05) is 26.7 Å². The van der Waals surface area contributed by atoms with Crippen molar-refractivity contribution in [3.63, 3.8) is 0 Å². The van der Waals surface area contributed by atoms with E-state index in [0.717, 1.165) is 6.54 Å². The summed E-state index contributed by atoms with van der Waals surface area (Å²) in [7, 11) is 1.64. The predicted octanol–water partition coefficient (Wildman–Crippen LogP) is 0.386. The fraction of sp³-hybridized carbons (Fsp3) is 0.600. The van der Waals surface area contributed by atoms with Crippen molar-refractivity contribution in [2.75, 3.05) is 33.4 Å². The molecule has 1 rings (SSSR count). The second-order valence-electron chi connectivity index (χ2n) is 5.21. The number of furan rings is 1. The van der Waals surface area contributed by atoms with Crippen LogP contribution in [0.5, 0.6) is 0 Å². The smallest absolute Gasteiger partial charge is 0.287 e. The Morgan fingerprint density at radius 2 is 2.05 bits per heavy atom. The molecule has 2 amide bonds. The SMILES string of the molecule is COCCNCCNC(=O)C(NC(=O)c1ccco1)C(C)C. The van der Waals surface area contributed by atoms with Gasteiger partial charge >= 0.3 is 0 Å². The molecule has 1 heterocycles. The molecule has 0 fully saturated rings. The molecule has 22 heavy (non-hydrogen) atoms. The van der Waals surface area contributed by atoms with E-state index >= 15 is 0 Å². The van der Waals surface area contributed by atoms with Crippen LogP contribution in [0.15, 0.2) is 22.8 Å².